The molecule has 41 heavy (non-hydrogen) atoms. The molecule has 1 saturated carbocycles. The third kappa shape index (κ3) is 7.79. The van der Waals surface area contributed by atoms with E-state index in [1.807, 2.05) is 74.1 Å². The van der Waals surface area contributed by atoms with E-state index in [4.69, 9.17) is 22.3 Å². The highest BCUT2D eigenvalue weighted by molar-refractivity contribution is 7.99. The third-order valence-electron chi connectivity index (χ3n) is 7.85. The largest absolute Gasteiger partial charge is 0.386 e. The van der Waals surface area contributed by atoms with E-state index in [1.165, 1.54) is 11.1 Å². The van der Waals surface area contributed by atoms with Crippen molar-refractivity contribution in [3.05, 3.63) is 112 Å². The molecule has 4 nitrogen and oxygen atoms in total. The number of hydrogen-bond donors (Lipinski definition) is 2. The minimum atomic E-state index is -0.897. The van der Waals surface area contributed by atoms with Crippen molar-refractivity contribution in [1.29, 1.82) is 0 Å². The van der Waals surface area contributed by atoms with Gasteiger partial charge in [-0.25, -0.2) is 4.98 Å². The Hall–Kier alpha value is -3.12. The normalized spacial score (nSPS) is 15.3. The zero-order valence-electron chi connectivity index (χ0n) is 23.6. The van der Waals surface area contributed by atoms with Crippen molar-refractivity contribution in [2.24, 2.45) is 11.1 Å². The van der Waals surface area contributed by atoms with Gasteiger partial charge in [-0.15, -0.1) is 0 Å². The van der Waals surface area contributed by atoms with Gasteiger partial charge in [0, 0.05) is 27.8 Å². The number of carbonyl (C=O) groups excluding carboxylic acids is 1. The summed E-state index contributed by atoms with van der Waals surface area (Å²) < 4.78 is 0. The first kappa shape index (κ1) is 29.4. The van der Waals surface area contributed by atoms with Gasteiger partial charge in [0.1, 0.15) is 0 Å². The molecule has 5 rings (SSSR count). The van der Waals surface area contributed by atoms with Crippen molar-refractivity contribution in [2.75, 3.05) is 5.75 Å². The van der Waals surface area contributed by atoms with Crippen LogP contribution in [0.15, 0.2) is 78.9 Å². The van der Waals surface area contributed by atoms with Crippen molar-refractivity contribution in [1.82, 2.24) is 4.98 Å². The molecule has 4 aromatic rings. The SMILES string of the molecule is CC(C)(O)c1ccccc1CCC(SCC1(CC(N)=O)CC1)c1cccc(/C=C/c2ccc3ccc(Cl)cc3n2)c1. The fourth-order valence-corrected chi connectivity index (χ4v) is 7.14. The quantitative estimate of drug-likeness (QED) is 0.175. The highest BCUT2D eigenvalue weighted by Gasteiger charge is 2.44. The number of rotatable bonds is 12. The average molecular weight is 585 g/mol. The fraction of sp³-hybridized carbons (Fsp3) is 0.314. The van der Waals surface area contributed by atoms with E-state index in [-0.39, 0.29) is 16.6 Å². The molecule has 3 N–H and O–H groups in total. The number of halogens is 1. The van der Waals surface area contributed by atoms with Crippen LogP contribution < -0.4 is 5.73 Å². The fourth-order valence-electron chi connectivity index (χ4n) is 5.41. The number of aliphatic hydroxyl groups is 1. The summed E-state index contributed by atoms with van der Waals surface area (Å²) in [5.41, 5.74) is 11.0. The van der Waals surface area contributed by atoms with Crippen LogP contribution in [0.1, 0.15) is 72.7 Å². The molecule has 0 bridgehead atoms. The molecule has 0 spiro atoms. The van der Waals surface area contributed by atoms with Crippen LogP contribution >= 0.6 is 23.4 Å². The molecule has 6 heteroatoms. The predicted molar refractivity (Wildman–Crippen MR) is 173 cm³/mol. The summed E-state index contributed by atoms with van der Waals surface area (Å²) >= 11 is 8.10. The summed E-state index contributed by atoms with van der Waals surface area (Å²) in [6.45, 7) is 3.68. The zero-order valence-corrected chi connectivity index (χ0v) is 25.2. The van der Waals surface area contributed by atoms with Gasteiger partial charge in [0.2, 0.25) is 5.91 Å². The molecule has 0 saturated heterocycles. The lowest BCUT2D eigenvalue weighted by molar-refractivity contribution is -0.119. The van der Waals surface area contributed by atoms with Crippen LogP contribution in [0.2, 0.25) is 5.02 Å². The molecule has 1 amide bonds. The molecular weight excluding hydrogens is 548 g/mol. The minimum absolute atomic E-state index is 0.0436. The number of hydrogen-bond acceptors (Lipinski definition) is 4. The number of primary amides is 1. The number of aryl methyl sites for hydroxylation is 1. The van der Waals surface area contributed by atoms with E-state index >= 15 is 0 Å². The molecule has 1 heterocycles. The van der Waals surface area contributed by atoms with Gasteiger partial charge < -0.3 is 10.8 Å². The van der Waals surface area contributed by atoms with E-state index in [1.54, 1.807) is 0 Å². The number of amides is 1. The second-order valence-corrected chi connectivity index (χ2v) is 13.4. The molecule has 1 fully saturated rings. The first-order valence-electron chi connectivity index (χ1n) is 14.2. The highest BCUT2D eigenvalue weighted by Crippen LogP contribution is 2.53. The first-order chi connectivity index (χ1) is 19.6. The number of aromatic nitrogens is 1. The van der Waals surface area contributed by atoms with Crippen LogP contribution in [-0.2, 0) is 16.8 Å². The van der Waals surface area contributed by atoms with E-state index in [0.717, 1.165) is 59.2 Å². The van der Waals surface area contributed by atoms with E-state index in [0.29, 0.717) is 11.4 Å². The lowest BCUT2D eigenvalue weighted by Gasteiger charge is -2.24. The first-order valence-corrected chi connectivity index (χ1v) is 15.6. The monoisotopic (exact) mass is 584 g/mol. The van der Waals surface area contributed by atoms with Gasteiger partial charge in [0.25, 0.3) is 0 Å². The predicted octanol–water partition coefficient (Wildman–Crippen LogP) is 8.35. The summed E-state index contributed by atoms with van der Waals surface area (Å²) in [4.78, 5) is 16.5. The Morgan fingerprint density at radius 3 is 2.61 bits per heavy atom. The molecule has 1 atom stereocenters. The van der Waals surface area contributed by atoms with Gasteiger partial charge in [-0.05, 0) is 91.5 Å². The second kappa shape index (κ2) is 12.4. The number of nitrogens with zero attached hydrogens (tertiary/aromatic N) is 1. The van der Waals surface area contributed by atoms with Gasteiger partial charge in [-0.2, -0.15) is 11.8 Å². The number of fused-ring (bicyclic) bond motifs is 1. The van der Waals surface area contributed by atoms with Gasteiger partial charge in [-0.3, -0.25) is 4.79 Å². The number of benzene rings is 3. The molecule has 0 radical (unpaired) electrons. The summed E-state index contributed by atoms with van der Waals surface area (Å²) in [6.07, 6.45) is 8.49. The summed E-state index contributed by atoms with van der Waals surface area (Å²) in [5.74, 6) is 0.702. The number of pyridine rings is 1. The van der Waals surface area contributed by atoms with Gasteiger partial charge in [-0.1, -0.05) is 78.3 Å². The third-order valence-corrected chi connectivity index (χ3v) is 9.78. The number of thioether (sulfide) groups is 1. The molecule has 1 aliphatic rings. The Bertz CT molecular complexity index is 1570. The standard InChI is InChI=1S/C35H37ClN2O2S/c1-34(2,40)30-9-4-3-7-25(30)13-17-32(41-23-35(18-19-35)22-33(37)39)27-8-5-6-24(20-27)10-15-29-16-12-26-11-14-28(36)21-31(26)38-29/h3-12,14-16,20-21,32,40H,13,17-19,22-23H2,1-2H3,(H2,37,39)/b15-10+. The van der Waals surface area contributed by atoms with Crippen LogP contribution in [-0.4, -0.2) is 21.8 Å². The molecule has 1 aromatic heterocycles. The van der Waals surface area contributed by atoms with Crippen LogP contribution in [0, 0.1) is 5.41 Å². The number of carbonyl (C=O) groups is 1. The highest BCUT2D eigenvalue weighted by atomic mass is 35.5. The Morgan fingerprint density at radius 2 is 1.85 bits per heavy atom. The van der Waals surface area contributed by atoms with Crippen molar-refractivity contribution in [3.8, 4) is 0 Å². The minimum Gasteiger partial charge on any atom is -0.386 e. The molecule has 1 aliphatic carbocycles. The average Bonchev–Trinajstić information content (AvgIpc) is 3.70. The van der Waals surface area contributed by atoms with Crippen molar-refractivity contribution < 1.29 is 9.90 Å². The molecule has 0 aliphatic heterocycles. The zero-order chi connectivity index (χ0) is 29.0. The molecular formula is C35H37ClN2O2S. The summed E-state index contributed by atoms with van der Waals surface area (Å²) in [6, 6.07) is 26.7. The van der Waals surface area contributed by atoms with Crippen molar-refractivity contribution in [2.45, 2.75) is 56.8 Å². The van der Waals surface area contributed by atoms with E-state index in [9.17, 15) is 9.90 Å². The molecule has 3 aromatic carbocycles. The maximum atomic E-state index is 11.7. The Morgan fingerprint density at radius 1 is 1.07 bits per heavy atom. The maximum Gasteiger partial charge on any atom is 0.218 e. The second-order valence-electron chi connectivity index (χ2n) is 11.8. The Labute approximate surface area is 252 Å². The van der Waals surface area contributed by atoms with Gasteiger partial charge in [0.05, 0.1) is 16.8 Å². The van der Waals surface area contributed by atoms with Crippen LogP contribution in [0.25, 0.3) is 23.1 Å². The van der Waals surface area contributed by atoms with Crippen molar-refractivity contribution >= 4 is 52.3 Å². The van der Waals surface area contributed by atoms with Crippen LogP contribution in [0.4, 0.5) is 0 Å². The van der Waals surface area contributed by atoms with E-state index in [2.05, 4.69) is 42.5 Å². The smallest absolute Gasteiger partial charge is 0.218 e. The van der Waals surface area contributed by atoms with Crippen molar-refractivity contribution in [3.63, 3.8) is 0 Å². The topological polar surface area (TPSA) is 76.2 Å². The lowest BCUT2D eigenvalue weighted by atomic mass is 9.90. The Kier molecular flexibility index (Phi) is 8.88. The van der Waals surface area contributed by atoms with Gasteiger partial charge >= 0.3 is 0 Å². The summed E-state index contributed by atoms with van der Waals surface area (Å²) in [7, 11) is 0. The number of nitrogens with two attached hydrogens (primary N) is 1. The van der Waals surface area contributed by atoms with Crippen LogP contribution in [0.3, 0.4) is 0 Å². The van der Waals surface area contributed by atoms with E-state index < -0.39 is 5.60 Å². The lowest BCUT2D eigenvalue weighted by Crippen LogP contribution is -2.19. The maximum absolute atomic E-state index is 11.7. The van der Waals surface area contributed by atoms with Crippen LogP contribution in [0.5, 0.6) is 0 Å². The molecule has 212 valence electrons. The Balaban J connectivity index is 1.37. The summed E-state index contributed by atoms with van der Waals surface area (Å²) in [5, 5.41) is 12.7. The van der Waals surface area contributed by atoms with Gasteiger partial charge in [0.15, 0.2) is 0 Å². The molecule has 1 unspecified atom stereocenters.